The van der Waals surface area contributed by atoms with E-state index in [1.54, 1.807) is 0 Å². The number of para-hydroxylation sites is 1. The largest absolute Gasteiger partial charge is 1.00 e. The Hall–Kier alpha value is -1.71. The number of hydrogen-bond donors (Lipinski definition) is 1. The molecule has 0 bridgehead atoms. The van der Waals surface area contributed by atoms with Crippen molar-refractivity contribution in [2.75, 3.05) is 0 Å². The molecule has 0 radical (unpaired) electrons. The van der Waals surface area contributed by atoms with E-state index in [9.17, 15) is 4.79 Å². The molecule has 0 atom stereocenters. The third-order valence-electron chi connectivity index (χ3n) is 4.82. The number of aromatic nitrogens is 1. The fraction of sp³-hybridized carbons (Fsp3) is 0.368. The van der Waals surface area contributed by atoms with Crippen LogP contribution in [0.1, 0.15) is 48.9 Å². The second-order valence-electron chi connectivity index (χ2n) is 7.19. The maximum atomic E-state index is 12.8. The van der Waals surface area contributed by atoms with Gasteiger partial charge >= 0.3 is 0 Å². The molecule has 1 aromatic heterocycles. The van der Waals surface area contributed by atoms with E-state index in [1.807, 2.05) is 0 Å². The lowest BCUT2D eigenvalue weighted by Gasteiger charge is -2.30. The Balaban J connectivity index is 0.00000156. The van der Waals surface area contributed by atoms with E-state index in [0.717, 1.165) is 41.0 Å². The predicted molar refractivity (Wildman–Crippen MR) is 86.7 cm³/mol. The van der Waals surface area contributed by atoms with Crippen molar-refractivity contribution in [3.63, 3.8) is 0 Å². The summed E-state index contributed by atoms with van der Waals surface area (Å²) in [6.45, 7) is 6.46. The third-order valence-corrected chi connectivity index (χ3v) is 4.82. The van der Waals surface area contributed by atoms with Gasteiger partial charge in [0.05, 0.1) is 16.8 Å². The van der Waals surface area contributed by atoms with Gasteiger partial charge in [0.25, 0.3) is 0 Å². The molecule has 2 N–H and O–H groups in total. The van der Waals surface area contributed by atoms with Crippen molar-refractivity contribution in [1.29, 1.82) is 0 Å². The number of carbonyl (C=O) groups excluding carboxylic acids is 1. The van der Waals surface area contributed by atoms with E-state index in [1.165, 1.54) is 11.3 Å². The zero-order chi connectivity index (χ0) is 15.5. The number of Topliss-reactive ketones (excluding diaryl/α,β-unsaturated/α-hetero) is 1. The highest BCUT2D eigenvalue weighted by molar-refractivity contribution is 6.08. The monoisotopic (exact) mass is 328 g/mol. The summed E-state index contributed by atoms with van der Waals surface area (Å²) in [5.41, 5.74) is 7.72. The summed E-state index contributed by atoms with van der Waals surface area (Å²) in [4.78, 5) is 17.7. The van der Waals surface area contributed by atoms with Crippen LogP contribution in [0.15, 0.2) is 24.3 Å². The lowest BCUT2D eigenvalue weighted by atomic mass is 9.74. The van der Waals surface area contributed by atoms with Crippen LogP contribution in [0.2, 0.25) is 0 Å². The first-order chi connectivity index (χ1) is 10.5. The highest BCUT2D eigenvalue weighted by Crippen LogP contribution is 2.45. The zero-order valence-corrected chi connectivity index (χ0v) is 14.5. The molecule has 2 aromatic rings. The van der Waals surface area contributed by atoms with Gasteiger partial charge in [0, 0.05) is 18.1 Å². The van der Waals surface area contributed by atoms with Gasteiger partial charge in [0.1, 0.15) is 11.4 Å². The number of rotatable bonds is 1. The molecule has 23 heavy (non-hydrogen) atoms. The number of aryl methyl sites for hydroxylation is 1. The fourth-order valence-electron chi connectivity index (χ4n) is 3.88. The highest BCUT2D eigenvalue weighted by atomic mass is 35.5. The van der Waals surface area contributed by atoms with Crippen LogP contribution in [0.4, 0.5) is 11.4 Å². The molecular formula is C19H21ClN2O. The average Bonchev–Trinajstić information content (AvgIpc) is 2.84. The van der Waals surface area contributed by atoms with Crippen molar-refractivity contribution in [3.8, 4) is 11.1 Å². The van der Waals surface area contributed by atoms with Crippen molar-refractivity contribution in [2.45, 2.75) is 40.0 Å². The molecule has 0 amide bonds. The zero-order valence-electron chi connectivity index (χ0n) is 13.7. The number of halogens is 1. The van der Waals surface area contributed by atoms with Gasteiger partial charge < -0.3 is 12.4 Å². The summed E-state index contributed by atoms with van der Waals surface area (Å²) in [5.74, 6) is 0.253. The van der Waals surface area contributed by atoms with Crippen molar-refractivity contribution in [3.05, 3.63) is 41.2 Å². The van der Waals surface area contributed by atoms with E-state index < -0.39 is 0 Å². The molecule has 2 aliphatic rings. The van der Waals surface area contributed by atoms with Crippen LogP contribution in [0.25, 0.3) is 11.1 Å². The summed E-state index contributed by atoms with van der Waals surface area (Å²) in [6.07, 6.45) is 2.40. The molecule has 1 aliphatic heterocycles. The van der Waals surface area contributed by atoms with Crippen molar-refractivity contribution >= 4 is 17.2 Å². The predicted octanol–water partition coefficient (Wildman–Crippen LogP) is 0.310. The molecule has 0 unspecified atom stereocenters. The van der Waals surface area contributed by atoms with E-state index in [2.05, 4.69) is 50.4 Å². The minimum atomic E-state index is 0. The van der Waals surface area contributed by atoms with Crippen LogP contribution in [0.5, 0.6) is 0 Å². The molecule has 0 saturated heterocycles. The van der Waals surface area contributed by atoms with Gasteiger partial charge in [-0.1, -0.05) is 32.9 Å². The number of carbonyl (C=O) groups is 1. The van der Waals surface area contributed by atoms with Gasteiger partial charge in [0.2, 0.25) is 0 Å². The number of ketones is 1. The van der Waals surface area contributed by atoms with E-state index in [0.29, 0.717) is 6.42 Å². The smallest absolute Gasteiger partial charge is 0.166 e. The number of nitrogens with zero attached hydrogens (tertiary/aromatic N) is 1. The molecule has 4 heteroatoms. The highest BCUT2D eigenvalue weighted by Gasteiger charge is 2.39. The Kier molecular flexibility index (Phi) is 3.81. The molecule has 3 nitrogen and oxygen atoms in total. The van der Waals surface area contributed by atoms with Gasteiger partial charge in [-0.3, -0.25) is 15.1 Å². The Morgan fingerprint density at radius 3 is 2.65 bits per heavy atom. The average molecular weight is 329 g/mol. The van der Waals surface area contributed by atoms with Crippen LogP contribution in [0, 0.1) is 5.41 Å². The lowest BCUT2D eigenvalue weighted by molar-refractivity contribution is -0.474. The topological polar surface area (TPSA) is 46.6 Å². The van der Waals surface area contributed by atoms with E-state index >= 15 is 0 Å². The minimum Gasteiger partial charge on any atom is -1.00 e. The lowest BCUT2D eigenvalue weighted by Crippen LogP contribution is -3.00. The summed E-state index contributed by atoms with van der Waals surface area (Å²) < 4.78 is 0. The minimum absolute atomic E-state index is 0. The quantitative estimate of drug-likeness (QED) is 0.654. The third kappa shape index (κ3) is 2.39. The van der Waals surface area contributed by atoms with Gasteiger partial charge in [-0.2, -0.15) is 0 Å². The van der Waals surface area contributed by atoms with Gasteiger partial charge in [0.15, 0.2) is 11.5 Å². The molecule has 0 fully saturated rings. The molecule has 2 heterocycles. The van der Waals surface area contributed by atoms with Gasteiger partial charge in [-0.15, -0.1) is 0 Å². The van der Waals surface area contributed by atoms with Crippen LogP contribution in [-0.4, -0.2) is 10.8 Å². The first kappa shape index (κ1) is 16.2. The second-order valence-corrected chi connectivity index (χ2v) is 7.19. The molecule has 4 rings (SSSR count). The van der Waals surface area contributed by atoms with Crippen molar-refractivity contribution in [2.24, 2.45) is 5.41 Å². The summed E-state index contributed by atoms with van der Waals surface area (Å²) in [5, 5.41) is 2.20. The summed E-state index contributed by atoms with van der Waals surface area (Å²) in [7, 11) is 0. The second kappa shape index (κ2) is 5.43. The Bertz CT molecular complexity index is 811. The van der Waals surface area contributed by atoms with Crippen LogP contribution in [0.3, 0.4) is 0 Å². The van der Waals surface area contributed by atoms with Crippen LogP contribution < -0.4 is 17.7 Å². The standard InChI is InChI=1S/C19H20N2O.ClH/c1-4-12-18-16(11-7-5-6-8-13(11)21-18)17-14(20-12)9-19(2,3)10-15(17)22;/h5-8,21H,4,9-10H2,1-3H3;1H. The van der Waals surface area contributed by atoms with Gasteiger partial charge in [-0.05, 0) is 24.3 Å². The molecular weight excluding hydrogens is 308 g/mol. The number of fused-ring (bicyclic) bond motifs is 5. The SMILES string of the molecule is CCc1nc2c(c3c1[NH2+]c1ccccc1-3)C(=O)CC(C)(C)C2.[Cl-]. The normalized spacial score (nSPS) is 17.1. The Morgan fingerprint density at radius 1 is 1.17 bits per heavy atom. The molecule has 0 spiro atoms. The number of hydrogen-bond acceptors (Lipinski definition) is 2. The number of pyridine rings is 1. The molecule has 1 aromatic carbocycles. The van der Waals surface area contributed by atoms with E-state index in [4.69, 9.17) is 4.98 Å². The number of nitrogens with two attached hydrogens (primary N) is 1. The molecule has 120 valence electrons. The van der Waals surface area contributed by atoms with Crippen LogP contribution >= 0.6 is 0 Å². The maximum Gasteiger partial charge on any atom is 0.166 e. The number of quaternary nitrogens is 1. The molecule has 0 saturated carbocycles. The maximum absolute atomic E-state index is 12.8. The van der Waals surface area contributed by atoms with Gasteiger partial charge in [-0.25, -0.2) is 0 Å². The Labute approximate surface area is 142 Å². The molecule has 1 aliphatic carbocycles. The first-order valence-corrected chi connectivity index (χ1v) is 8.03. The summed E-state index contributed by atoms with van der Waals surface area (Å²) >= 11 is 0. The fourth-order valence-corrected chi connectivity index (χ4v) is 3.88. The van der Waals surface area contributed by atoms with E-state index in [-0.39, 0.29) is 23.6 Å². The summed E-state index contributed by atoms with van der Waals surface area (Å²) in [6, 6.07) is 8.36. The first-order valence-electron chi connectivity index (χ1n) is 8.03. The number of benzene rings is 1. The van der Waals surface area contributed by atoms with Crippen LogP contribution in [-0.2, 0) is 12.8 Å². The van der Waals surface area contributed by atoms with Crippen molar-refractivity contribution in [1.82, 2.24) is 4.98 Å². The Morgan fingerprint density at radius 2 is 1.91 bits per heavy atom. The van der Waals surface area contributed by atoms with Crippen molar-refractivity contribution < 1.29 is 22.5 Å².